The molecular formula is C20H21N3O3. The van der Waals surface area contributed by atoms with Crippen LogP contribution in [0.1, 0.15) is 28.8 Å². The second-order valence-corrected chi connectivity index (χ2v) is 6.61. The Morgan fingerprint density at radius 3 is 3.04 bits per heavy atom. The van der Waals surface area contributed by atoms with E-state index in [0.29, 0.717) is 17.8 Å². The van der Waals surface area contributed by atoms with Crippen LogP contribution in [0, 0.1) is 0 Å². The monoisotopic (exact) mass is 351 g/mol. The first-order valence-corrected chi connectivity index (χ1v) is 8.78. The average molecular weight is 351 g/mol. The number of ether oxygens (including phenoxy) is 1. The molecule has 2 amide bonds. The first kappa shape index (κ1) is 16.4. The van der Waals surface area contributed by atoms with Gasteiger partial charge in [-0.2, -0.15) is 0 Å². The summed E-state index contributed by atoms with van der Waals surface area (Å²) in [4.78, 5) is 26.9. The van der Waals surface area contributed by atoms with E-state index in [2.05, 4.69) is 15.5 Å². The third-order valence-electron chi connectivity index (χ3n) is 4.97. The molecule has 0 aliphatic carbocycles. The zero-order valence-corrected chi connectivity index (χ0v) is 14.6. The van der Waals surface area contributed by atoms with Crippen molar-refractivity contribution in [3.05, 3.63) is 53.6 Å². The molecule has 6 nitrogen and oxygen atoms in total. The summed E-state index contributed by atoms with van der Waals surface area (Å²) in [6.45, 7) is 1.29. The molecule has 2 N–H and O–H groups in total. The van der Waals surface area contributed by atoms with Crippen molar-refractivity contribution in [1.29, 1.82) is 0 Å². The summed E-state index contributed by atoms with van der Waals surface area (Å²) < 4.78 is 5.20. The van der Waals surface area contributed by atoms with Crippen molar-refractivity contribution >= 4 is 23.2 Å². The number of rotatable bonds is 4. The Morgan fingerprint density at radius 2 is 2.19 bits per heavy atom. The Kier molecular flexibility index (Phi) is 4.24. The Labute approximate surface area is 152 Å². The molecule has 0 bridgehead atoms. The van der Waals surface area contributed by atoms with Crippen LogP contribution in [0.2, 0.25) is 0 Å². The van der Waals surface area contributed by atoms with Gasteiger partial charge in [0.15, 0.2) is 0 Å². The molecule has 26 heavy (non-hydrogen) atoms. The van der Waals surface area contributed by atoms with Crippen LogP contribution in [-0.2, 0) is 11.3 Å². The van der Waals surface area contributed by atoms with Crippen molar-refractivity contribution in [2.45, 2.75) is 25.4 Å². The summed E-state index contributed by atoms with van der Waals surface area (Å²) in [5.41, 5.74) is 3.20. The molecule has 6 heteroatoms. The highest BCUT2D eigenvalue weighted by Gasteiger charge is 2.36. The number of methoxy groups -OCH3 is 1. The van der Waals surface area contributed by atoms with Crippen molar-refractivity contribution in [2.24, 2.45) is 0 Å². The molecule has 2 aliphatic rings. The molecule has 1 saturated heterocycles. The number of nitrogens with one attached hydrogen (secondary N) is 2. The maximum Gasteiger partial charge on any atom is 0.251 e. The van der Waals surface area contributed by atoms with Gasteiger partial charge in [0.25, 0.3) is 5.91 Å². The van der Waals surface area contributed by atoms with E-state index in [-0.39, 0.29) is 17.9 Å². The number of benzene rings is 2. The second-order valence-electron chi connectivity index (χ2n) is 6.61. The first-order chi connectivity index (χ1) is 12.7. The predicted octanol–water partition coefficient (Wildman–Crippen LogP) is 2.55. The maximum atomic E-state index is 12.5. The predicted molar refractivity (Wildman–Crippen MR) is 99.6 cm³/mol. The Morgan fingerprint density at radius 1 is 1.31 bits per heavy atom. The van der Waals surface area contributed by atoms with Crippen molar-refractivity contribution in [1.82, 2.24) is 5.32 Å². The van der Waals surface area contributed by atoms with Gasteiger partial charge >= 0.3 is 0 Å². The molecule has 0 spiro atoms. The Hall–Kier alpha value is -3.02. The molecule has 2 aromatic rings. The molecule has 2 aliphatic heterocycles. The van der Waals surface area contributed by atoms with Crippen LogP contribution in [0.5, 0.6) is 5.75 Å². The number of fused-ring (bicyclic) bond motifs is 3. The lowest BCUT2D eigenvalue weighted by Gasteiger charge is -2.33. The average Bonchev–Trinajstić information content (AvgIpc) is 3.16. The first-order valence-electron chi connectivity index (χ1n) is 8.78. The fourth-order valence-corrected chi connectivity index (χ4v) is 3.64. The van der Waals surface area contributed by atoms with Gasteiger partial charge in [0.2, 0.25) is 5.91 Å². The molecule has 1 atom stereocenters. The van der Waals surface area contributed by atoms with Crippen LogP contribution < -0.4 is 20.3 Å². The number of hydrogen-bond acceptors (Lipinski definition) is 4. The van der Waals surface area contributed by atoms with E-state index in [0.717, 1.165) is 36.4 Å². The van der Waals surface area contributed by atoms with Gasteiger partial charge in [0.05, 0.1) is 18.5 Å². The fourth-order valence-electron chi connectivity index (χ4n) is 3.64. The molecule has 0 unspecified atom stereocenters. The SMILES string of the molecule is COc1cccc(CNC(=O)c2ccc3c(c2)NC(=O)[C@@H]2CCCN32)c1. The molecule has 1 fully saturated rings. The zero-order chi connectivity index (χ0) is 18.1. The van der Waals surface area contributed by atoms with Gasteiger partial charge in [0.1, 0.15) is 11.8 Å². The van der Waals surface area contributed by atoms with E-state index in [4.69, 9.17) is 4.74 Å². The Balaban J connectivity index is 1.49. The summed E-state index contributed by atoms with van der Waals surface area (Å²) in [5.74, 6) is 0.603. The molecule has 0 radical (unpaired) electrons. The summed E-state index contributed by atoms with van der Waals surface area (Å²) in [7, 11) is 1.62. The van der Waals surface area contributed by atoms with Gasteiger partial charge in [-0.05, 0) is 48.7 Å². The van der Waals surface area contributed by atoms with Gasteiger partial charge in [0, 0.05) is 18.7 Å². The molecular weight excluding hydrogens is 330 g/mol. The van der Waals surface area contributed by atoms with Crippen LogP contribution in [0.25, 0.3) is 0 Å². The number of hydrogen-bond donors (Lipinski definition) is 2. The van der Waals surface area contributed by atoms with E-state index in [1.807, 2.05) is 36.4 Å². The number of carbonyl (C=O) groups is 2. The lowest BCUT2D eigenvalue weighted by atomic mass is 10.1. The minimum atomic E-state index is -0.173. The van der Waals surface area contributed by atoms with Crippen LogP contribution in [0.4, 0.5) is 11.4 Å². The van der Waals surface area contributed by atoms with Gasteiger partial charge in [-0.15, -0.1) is 0 Å². The van der Waals surface area contributed by atoms with E-state index >= 15 is 0 Å². The fraction of sp³-hybridized carbons (Fsp3) is 0.300. The smallest absolute Gasteiger partial charge is 0.251 e. The van der Waals surface area contributed by atoms with Crippen LogP contribution in [0.3, 0.4) is 0 Å². The summed E-state index contributed by atoms with van der Waals surface area (Å²) in [6, 6.07) is 13.0. The van der Waals surface area contributed by atoms with Crippen molar-refractivity contribution in [2.75, 3.05) is 23.9 Å². The maximum absolute atomic E-state index is 12.5. The molecule has 2 aromatic carbocycles. The Bertz CT molecular complexity index is 865. The van der Waals surface area contributed by atoms with E-state index in [9.17, 15) is 9.59 Å². The number of nitrogens with zero attached hydrogens (tertiary/aromatic N) is 1. The van der Waals surface area contributed by atoms with Crippen LogP contribution in [0.15, 0.2) is 42.5 Å². The lowest BCUT2D eigenvalue weighted by Crippen LogP contribution is -2.44. The number of anilines is 2. The van der Waals surface area contributed by atoms with Crippen LogP contribution in [-0.4, -0.2) is 31.5 Å². The third kappa shape index (κ3) is 2.98. The molecule has 0 aromatic heterocycles. The molecule has 0 saturated carbocycles. The summed E-state index contributed by atoms with van der Waals surface area (Å²) >= 11 is 0. The van der Waals surface area contributed by atoms with E-state index < -0.39 is 0 Å². The summed E-state index contributed by atoms with van der Waals surface area (Å²) in [5, 5.41) is 5.85. The van der Waals surface area contributed by atoms with Gasteiger partial charge in [-0.3, -0.25) is 9.59 Å². The minimum absolute atomic E-state index is 0.0175. The number of amides is 2. The van der Waals surface area contributed by atoms with Crippen molar-refractivity contribution in [3.63, 3.8) is 0 Å². The highest BCUT2D eigenvalue weighted by molar-refractivity contribution is 6.06. The standard InChI is InChI=1S/C20H21N3O3/c1-26-15-5-2-4-13(10-15)12-21-19(24)14-7-8-17-16(11-14)22-20(25)18-6-3-9-23(17)18/h2,4-5,7-8,10-11,18H,3,6,9,12H2,1H3,(H,21,24)(H,22,25)/t18-/m0/s1. The van der Waals surface area contributed by atoms with Gasteiger partial charge in [-0.25, -0.2) is 0 Å². The highest BCUT2D eigenvalue weighted by atomic mass is 16.5. The van der Waals surface area contributed by atoms with E-state index in [1.54, 1.807) is 13.2 Å². The van der Waals surface area contributed by atoms with Crippen molar-refractivity contribution in [3.8, 4) is 5.75 Å². The second kappa shape index (κ2) is 6.71. The zero-order valence-electron chi connectivity index (χ0n) is 14.6. The van der Waals surface area contributed by atoms with Crippen LogP contribution >= 0.6 is 0 Å². The largest absolute Gasteiger partial charge is 0.497 e. The molecule has 134 valence electrons. The molecule has 4 rings (SSSR count). The minimum Gasteiger partial charge on any atom is -0.497 e. The quantitative estimate of drug-likeness (QED) is 0.888. The lowest BCUT2D eigenvalue weighted by molar-refractivity contribution is -0.117. The van der Waals surface area contributed by atoms with Crippen molar-refractivity contribution < 1.29 is 14.3 Å². The van der Waals surface area contributed by atoms with Gasteiger partial charge < -0.3 is 20.3 Å². The van der Waals surface area contributed by atoms with E-state index in [1.165, 1.54) is 0 Å². The number of carbonyl (C=O) groups excluding carboxylic acids is 2. The van der Waals surface area contributed by atoms with Gasteiger partial charge in [-0.1, -0.05) is 12.1 Å². The summed E-state index contributed by atoms with van der Waals surface area (Å²) in [6.07, 6.45) is 1.90. The topological polar surface area (TPSA) is 70.7 Å². The normalized spacial score (nSPS) is 18.0. The third-order valence-corrected chi connectivity index (χ3v) is 4.97. The molecule has 2 heterocycles. The highest BCUT2D eigenvalue weighted by Crippen LogP contribution is 2.37.